The second kappa shape index (κ2) is 11.5. The molecule has 0 saturated carbocycles. The second-order valence-electron chi connectivity index (χ2n) is 9.16. The third kappa shape index (κ3) is 5.63. The molecule has 8 nitrogen and oxygen atoms in total. The summed E-state index contributed by atoms with van der Waals surface area (Å²) in [6.45, 7) is 1.48. The summed E-state index contributed by atoms with van der Waals surface area (Å²) in [5.41, 5.74) is 10.3. The molecule has 2 saturated heterocycles. The molecule has 4 N–H and O–H groups in total. The van der Waals surface area contributed by atoms with Gasteiger partial charge >= 0.3 is 0 Å². The Bertz CT molecular complexity index is 1080. The van der Waals surface area contributed by atoms with Gasteiger partial charge in [-0.25, -0.2) is 0 Å². The number of hydrogen-bond acceptors (Lipinski definition) is 8. The van der Waals surface area contributed by atoms with Crippen molar-refractivity contribution in [1.82, 2.24) is 21.2 Å². The van der Waals surface area contributed by atoms with Crippen LogP contribution in [-0.4, -0.2) is 34.9 Å². The van der Waals surface area contributed by atoms with Crippen molar-refractivity contribution in [2.45, 2.75) is 37.8 Å². The van der Waals surface area contributed by atoms with Gasteiger partial charge in [0.15, 0.2) is 0 Å². The molecule has 3 aromatic rings. The van der Waals surface area contributed by atoms with Gasteiger partial charge < -0.3 is 9.68 Å². The average Bonchev–Trinajstić information content (AvgIpc) is 3.47. The molecule has 2 heterocycles. The molecule has 0 aliphatic carbocycles. The van der Waals surface area contributed by atoms with Crippen LogP contribution in [0.15, 0.2) is 84.9 Å². The molecule has 2 aliphatic rings. The van der Waals surface area contributed by atoms with Gasteiger partial charge in [-0.15, -0.1) is 0 Å². The van der Waals surface area contributed by atoms with Gasteiger partial charge in [0, 0.05) is 13.1 Å². The normalized spacial score (nSPS) is 20.4. The standard InChI is InChI=1S/C28H32N6O2/c29-27-25(33(31-35-27)18-8-14-21-10-3-1-4-11-21)23-16-7-17-24(20-23)26-28(30)36-32-34(26)19-9-15-22-12-5-2-6-13-22/h1-7,10-13,16-17,20,25-26,29-32H,8-9,14-15,18-19H2. The number of rotatable bonds is 10. The van der Waals surface area contributed by atoms with Crippen LogP contribution in [0.4, 0.5) is 0 Å². The van der Waals surface area contributed by atoms with Crippen LogP contribution in [0.2, 0.25) is 0 Å². The predicted molar refractivity (Wildman–Crippen MR) is 139 cm³/mol. The zero-order valence-electron chi connectivity index (χ0n) is 20.2. The smallest absolute Gasteiger partial charge is 0.231 e. The zero-order valence-corrected chi connectivity index (χ0v) is 20.2. The highest BCUT2D eigenvalue weighted by Crippen LogP contribution is 2.31. The van der Waals surface area contributed by atoms with Gasteiger partial charge in [-0.2, -0.15) is 10.0 Å². The van der Waals surface area contributed by atoms with Crippen LogP contribution in [0.1, 0.15) is 47.2 Å². The Morgan fingerprint density at radius 1 is 0.611 bits per heavy atom. The summed E-state index contributed by atoms with van der Waals surface area (Å²) in [5.74, 6) is 0.338. The van der Waals surface area contributed by atoms with E-state index in [2.05, 4.69) is 65.8 Å². The number of nitrogens with one attached hydrogen (secondary N) is 4. The van der Waals surface area contributed by atoms with Gasteiger partial charge in [-0.05, 0) is 47.9 Å². The highest BCUT2D eigenvalue weighted by atomic mass is 16.7. The molecule has 0 aromatic heterocycles. The Hall–Kier alpha value is -3.56. The molecule has 2 aliphatic heterocycles. The molecule has 186 valence electrons. The van der Waals surface area contributed by atoms with Crippen molar-refractivity contribution in [2.75, 3.05) is 13.1 Å². The molecule has 5 rings (SSSR count). The van der Waals surface area contributed by atoms with E-state index in [0.29, 0.717) is 0 Å². The largest absolute Gasteiger partial charge is 0.376 e. The molecule has 8 heteroatoms. The number of benzene rings is 3. The fourth-order valence-electron chi connectivity index (χ4n) is 4.82. The summed E-state index contributed by atoms with van der Waals surface area (Å²) in [4.78, 5) is 10.8. The van der Waals surface area contributed by atoms with Crippen molar-refractivity contribution in [3.63, 3.8) is 0 Å². The Kier molecular flexibility index (Phi) is 7.68. The maximum Gasteiger partial charge on any atom is 0.231 e. The maximum absolute atomic E-state index is 8.39. The summed E-state index contributed by atoms with van der Waals surface area (Å²) in [6, 6.07) is 28.2. The first-order chi connectivity index (χ1) is 17.7. The Morgan fingerprint density at radius 2 is 1.06 bits per heavy atom. The van der Waals surface area contributed by atoms with Crippen LogP contribution in [0, 0.1) is 10.8 Å². The highest BCUT2D eigenvalue weighted by Gasteiger charge is 2.36. The first-order valence-corrected chi connectivity index (χ1v) is 12.4. The van der Waals surface area contributed by atoms with Crippen LogP contribution in [0.3, 0.4) is 0 Å². The van der Waals surface area contributed by atoms with Gasteiger partial charge in [-0.1, -0.05) is 96.1 Å². The van der Waals surface area contributed by atoms with Crippen LogP contribution in [-0.2, 0) is 22.5 Å². The third-order valence-corrected chi connectivity index (χ3v) is 6.62. The van der Waals surface area contributed by atoms with E-state index in [1.54, 1.807) is 0 Å². The second-order valence-corrected chi connectivity index (χ2v) is 9.16. The van der Waals surface area contributed by atoms with E-state index >= 15 is 0 Å². The zero-order chi connectivity index (χ0) is 24.7. The van der Waals surface area contributed by atoms with Crippen molar-refractivity contribution in [2.24, 2.45) is 0 Å². The number of aryl methyl sites for hydroxylation is 2. The molecule has 36 heavy (non-hydrogen) atoms. The number of nitrogens with zero attached hydrogens (tertiary/aromatic N) is 2. The third-order valence-electron chi connectivity index (χ3n) is 6.62. The lowest BCUT2D eigenvalue weighted by molar-refractivity contribution is 0.0375. The van der Waals surface area contributed by atoms with Crippen molar-refractivity contribution < 1.29 is 9.68 Å². The minimum absolute atomic E-state index is 0.169. The number of hydrogen-bond donors (Lipinski definition) is 4. The summed E-state index contributed by atoms with van der Waals surface area (Å²) in [7, 11) is 0. The molecular weight excluding hydrogens is 452 g/mol. The van der Waals surface area contributed by atoms with Gasteiger partial charge in [0.2, 0.25) is 11.8 Å². The molecule has 0 radical (unpaired) electrons. The molecule has 0 amide bonds. The fraction of sp³-hybridized carbons (Fsp3) is 0.286. The SMILES string of the molecule is N=C1ONN(CCCc2ccccc2)C1c1cccc(C2C(=N)ONN2CCCc2ccccc2)c1. The Balaban J connectivity index is 1.25. The van der Waals surface area contributed by atoms with Crippen molar-refractivity contribution >= 4 is 11.8 Å². The summed E-state index contributed by atoms with van der Waals surface area (Å²) >= 11 is 0. The summed E-state index contributed by atoms with van der Waals surface area (Å²) in [5, 5.41) is 20.7. The number of hydrazine groups is 2. The average molecular weight is 485 g/mol. The predicted octanol–water partition coefficient (Wildman–Crippen LogP) is 4.49. The van der Waals surface area contributed by atoms with E-state index in [4.69, 9.17) is 20.5 Å². The topological polar surface area (TPSA) is 96.7 Å². The van der Waals surface area contributed by atoms with Crippen molar-refractivity contribution in [3.05, 3.63) is 107 Å². The van der Waals surface area contributed by atoms with E-state index < -0.39 is 0 Å². The first kappa shape index (κ1) is 24.1. The Morgan fingerprint density at radius 3 is 1.50 bits per heavy atom. The van der Waals surface area contributed by atoms with Crippen LogP contribution in [0.5, 0.6) is 0 Å². The van der Waals surface area contributed by atoms with E-state index in [1.165, 1.54) is 11.1 Å². The van der Waals surface area contributed by atoms with Gasteiger partial charge in [0.1, 0.15) is 12.1 Å². The van der Waals surface area contributed by atoms with Crippen molar-refractivity contribution in [3.8, 4) is 0 Å². The lowest BCUT2D eigenvalue weighted by atomic mass is 9.98. The van der Waals surface area contributed by atoms with Crippen molar-refractivity contribution in [1.29, 1.82) is 10.8 Å². The molecular formula is C28H32N6O2. The minimum Gasteiger partial charge on any atom is -0.376 e. The molecule has 0 spiro atoms. The van der Waals surface area contributed by atoms with Gasteiger partial charge in [0.05, 0.1) is 0 Å². The molecule has 2 atom stereocenters. The first-order valence-electron chi connectivity index (χ1n) is 12.4. The molecule has 3 aromatic carbocycles. The summed E-state index contributed by atoms with van der Waals surface area (Å²) in [6.07, 6.45) is 3.78. The van der Waals surface area contributed by atoms with Crippen LogP contribution >= 0.6 is 0 Å². The summed E-state index contributed by atoms with van der Waals surface area (Å²) < 4.78 is 0. The monoisotopic (exact) mass is 484 g/mol. The van der Waals surface area contributed by atoms with Gasteiger partial charge in [-0.3, -0.25) is 10.8 Å². The fourth-order valence-corrected chi connectivity index (χ4v) is 4.82. The molecule has 2 unspecified atom stereocenters. The lowest BCUT2D eigenvalue weighted by Gasteiger charge is -2.23. The van der Waals surface area contributed by atoms with Crippen LogP contribution in [0.25, 0.3) is 0 Å². The minimum atomic E-state index is -0.322. The maximum atomic E-state index is 8.39. The van der Waals surface area contributed by atoms with E-state index in [0.717, 1.165) is 49.9 Å². The molecule has 0 bridgehead atoms. The highest BCUT2D eigenvalue weighted by molar-refractivity contribution is 5.83. The Labute approximate surface area is 211 Å². The van der Waals surface area contributed by atoms with E-state index in [9.17, 15) is 0 Å². The van der Waals surface area contributed by atoms with E-state index in [1.807, 2.05) is 40.3 Å². The molecule has 2 fully saturated rings. The van der Waals surface area contributed by atoms with Gasteiger partial charge in [0.25, 0.3) is 0 Å². The van der Waals surface area contributed by atoms with E-state index in [-0.39, 0.29) is 23.9 Å². The quantitative estimate of drug-likeness (QED) is 0.339. The lowest BCUT2D eigenvalue weighted by Crippen LogP contribution is -2.35. The van der Waals surface area contributed by atoms with Crippen LogP contribution < -0.4 is 11.2 Å².